The number of carboxylic acids is 2. The largest absolute Gasteiger partial charge is 0.481 e. The van der Waals surface area contributed by atoms with Crippen LogP contribution in [0.3, 0.4) is 0 Å². The minimum absolute atomic E-state index is 0.0848. The van der Waals surface area contributed by atoms with E-state index in [1.165, 1.54) is 64.2 Å². The van der Waals surface area contributed by atoms with E-state index in [0.717, 1.165) is 19.3 Å². The van der Waals surface area contributed by atoms with Crippen LogP contribution in [0.5, 0.6) is 0 Å². The lowest BCUT2D eigenvalue weighted by Gasteiger charge is -2.14. The predicted octanol–water partition coefficient (Wildman–Crippen LogP) is 5.29. The highest BCUT2D eigenvalue weighted by atomic mass is 16.4. The zero-order valence-electron chi connectivity index (χ0n) is 17.7. The van der Waals surface area contributed by atoms with Gasteiger partial charge in [0.05, 0.1) is 0 Å². The van der Waals surface area contributed by atoms with Crippen molar-refractivity contribution in [3.8, 4) is 0 Å². The molecule has 0 heterocycles. The maximum Gasteiger partial charge on any atom is 0.326 e. The molecule has 164 valence electrons. The number of amides is 1. The van der Waals surface area contributed by atoms with E-state index in [9.17, 15) is 14.4 Å². The molecule has 6 heteroatoms. The Kier molecular flexibility index (Phi) is 17.7. The number of carboxylic acid groups (broad SMARTS) is 2. The van der Waals surface area contributed by atoms with E-state index in [-0.39, 0.29) is 25.2 Å². The molecule has 1 amide bonds. The molecular weight excluding hydrogens is 358 g/mol. The predicted molar refractivity (Wildman–Crippen MR) is 111 cm³/mol. The first-order chi connectivity index (χ1) is 13.5. The molecule has 0 aliphatic heterocycles. The summed E-state index contributed by atoms with van der Waals surface area (Å²) in [6, 6.07) is -0.992. The summed E-state index contributed by atoms with van der Waals surface area (Å²) in [5.41, 5.74) is 0. The van der Waals surface area contributed by atoms with E-state index >= 15 is 0 Å². The minimum atomic E-state index is -1.11. The number of aliphatic carboxylic acids is 2. The van der Waals surface area contributed by atoms with Crippen LogP contribution in [0.15, 0.2) is 0 Å². The van der Waals surface area contributed by atoms with Crippen LogP contribution in [-0.2, 0) is 14.4 Å². The van der Waals surface area contributed by atoms with E-state index in [1.807, 2.05) is 0 Å². The second-order valence-corrected chi connectivity index (χ2v) is 7.74. The zero-order chi connectivity index (χ0) is 21.0. The Bertz CT molecular complexity index is 425. The summed E-state index contributed by atoms with van der Waals surface area (Å²) in [6.07, 6.45) is 16.7. The fourth-order valence-corrected chi connectivity index (χ4v) is 3.28. The van der Waals surface area contributed by atoms with Crippen LogP contribution < -0.4 is 5.32 Å². The molecule has 0 saturated carbocycles. The number of nitrogens with one attached hydrogen (secondary N) is 1. The fourth-order valence-electron chi connectivity index (χ4n) is 3.28. The Balaban J connectivity index is 3.54. The molecule has 28 heavy (non-hydrogen) atoms. The summed E-state index contributed by atoms with van der Waals surface area (Å²) < 4.78 is 0. The van der Waals surface area contributed by atoms with Gasteiger partial charge in [-0.15, -0.1) is 0 Å². The van der Waals surface area contributed by atoms with Crippen molar-refractivity contribution in [3.05, 3.63) is 0 Å². The normalized spacial score (nSPS) is 11.9. The number of hydrogen-bond acceptors (Lipinski definition) is 3. The maximum atomic E-state index is 11.9. The van der Waals surface area contributed by atoms with E-state index in [0.29, 0.717) is 6.42 Å². The summed E-state index contributed by atoms with van der Waals surface area (Å²) in [6.45, 7) is 2.24. The highest BCUT2D eigenvalue weighted by Gasteiger charge is 2.19. The first-order valence-electron chi connectivity index (χ1n) is 11.2. The Hall–Kier alpha value is -1.59. The average Bonchev–Trinajstić information content (AvgIpc) is 2.64. The Morgan fingerprint density at radius 1 is 0.679 bits per heavy atom. The molecule has 0 unspecified atom stereocenters. The molecule has 6 nitrogen and oxygen atoms in total. The van der Waals surface area contributed by atoms with E-state index in [2.05, 4.69) is 12.2 Å². The third-order valence-corrected chi connectivity index (χ3v) is 5.02. The van der Waals surface area contributed by atoms with Crippen LogP contribution in [0.4, 0.5) is 0 Å². The summed E-state index contributed by atoms with van der Waals surface area (Å²) in [7, 11) is 0. The highest BCUT2D eigenvalue weighted by Crippen LogP contribution is 2.13. The van der Waals surface area contributed by atoms with Gasteiger partial charge in [0.25, 0.3) is 0 Å². The second kappa shape index (κ2) is 18.8. The van der Waals surface area contributed by atoms with E-state index in [4.69, 9.17) is 10.2 Å². The molecule has 0 aromatic carbocycles. The number of rotatable bonds is 20. The van der Waals surface area contributed by atoms with E-state index in [1.54, 1.807) is 0 Å². The molecule has 0 aliphatic rings. The van der Waals surface area contributed by atoms with Crippen molar-refractivity contribution in [3.63, 3.8) is 0 Å². The van der Waals surface area contributed by atoms with Gasteiger partial charge in [-0.25, -0.2) is 4.79 Å². The Labute approximate surface area is 170 Å². The maximum absolute atomic E-state index is 11.9. The fraction of sp³-hybridized carbons (Fsp3) is 0.864. The van der Waals surface area contributed by atoms with Gasteiger partial charge in [0, 0.05) is 12.8 Å². The standard InChI is InChI=1S/C22H41NO5/c1-2-3-4-5-6-7-8-9-10-11-12-13-14-17-20(24)23-19(22(27)28)16-15-18-21(25)26/h19H,2-18H2,1H3,(H,23,24)(H,25,26)(H,27,28)/t19-/m1/s1. The summed E-state index contributed by atoms with van der Waals surface area (Å²) in [5, 5.41) is 20.2. The first-order valence-corrected chi connectivity index (χ1v) is 11.2. The summed E-state index contributed by atoms with van der Waals surface area (Å²) in [5.74, 6) is -2.32. The van der Waals surface area contributed by atoms with Gasteiger partial charge in [-0.2, -0.15) is 0 Å². The Morgan fingerprint density at radius 2 is 1.14 bits per heavy atom. The van der Waals surface area contributed by atoms with E-state index < -0.39 is 18.0 Å². The number of carbonyl (C=O) groups excluding carboxylic acids is 1. The van der Waals surface area contributed by atoms with Crippen LogP contribution in [0, 0.1) is 0 Å². The van der Waals surface area contributed by atoms with Crippen LogP contribution in [0.2, 0.25) is 0 Å². The smallest absolute Gasteiger partial charge is 0.326 e. The third-order valence-electron chi connectivity index (χ3n) is 5.02. The lowest BCUT2D eigenvalue weighted by Crippen LogP contribution is -2.40. The van der Waals surface area contributed by atoms with Gasteiger partial charge in [-0.1, -0.05) is 84.0 Å². The third kappa shape index (κ3) is 17.8. The molecule has 0 saturated heterocycles. The number of hydrogen-bond donors (Lipinski definition) is 3. The lowest BCUT2D eigenvalue weighted by molar-refractivity contribution is -0.142. The quantitative estimate of drug-likeness (QED) is 0.241. The van der Waals surface area contributed by atoms with Gasteiger partial charge in [-0.3, -0.25) is 9.59 Å². The zero-order valence-corrected chi connectivity index (χ0v) is 17.7. The van der Waals surface area contributed by atoms with Crippen LogP contribution >= 0.6 is 0 Å². The highest BCUT2D eigenvalue weighted by molar-refractivity contribution is 5.83. The number of carbonyl (C=O) groups is 3. The molecule has 0 aliphatic carbocycles. The van der Waals surface area contributed by atoms with Crippen molar-refractivity contribution in [2.45, 2.75) is 122 Å². The Morgan fingerprint density at radius 3 is 1.57 bits per heavy atom. The van der Waals surface area contributed by atoms with Gasteiger partial charge in [0.15, 0.2) is 0 Å². The first kappa shape index (κ1) is 26.4. The monoisotopic (exact) mass is 399 g/mol. The molecule has 0 spiro atoms. The second-order valence-electron chi connectivity index (χ2n) is 7.74. The van der Waals surface area contributed by atoms with Crippen molar-refractivity contribution in [2.75, 3.05) is 0 Å². The molecule has 0 aromatic heterocycles. The molecule has 0 rings (SSSR count). The SMILES string of the molecule is CCCCCCCCCCCCCCCC(=O)N[C@H](CCCC(=O)O)C(=O)O. The lowest BCUT2D eigenvalue weighted by atomic mass is 10.0. The molecule has 0 bridgehead atoms. The molecule has 1 atom stereocenters. The van der Waals surface area contributed by atoms with Crippen LogP contribution in [0.25, 0.3) is 0 Å². The topological polar surface area (TPSA) is 104 Å². The van der Waals surface area contributed by atoms with Crippen molar-refractivity contribution in [1.82, 2.24) is 5.32 Å². The molecule has 0 radical (unpaired) electrons. The average molecular weight is 400 g/mol. The van der Waals surface area contributed by atoms with Gasteiger partial charge in [-0.05, 0) is 19.3 Å². The van der Waals surface area contributed by atoms with Gasteiger partial charge in [0.2, 0.25) is 5.91 Å². The molecule has 0 fully saturated rings. The molecule has 0 aromatic rings. The minimum Gasteiger partial charge on any atom is -0.481 e. The van der Waals surface area contributed by atoms with Crippen molar-refractivity contribution >= 4 is 17.8 Å². The molecular formula is C22H41NO5. The van der Waals surface area contributed by atoms with Gasteiger partial charge in [0.1, 0.15) is 6.04 Å². The van der Waals surface area contributed by atoms with Gasteiger partial charge < -0.3 is 15.5 Å². The van der Waals surface area contributed by atoms with Gasteiger partial charge >= 0.3 is 11.9 Å². The van der Waals surface area contributed by atoms with Crippen LogP contribution in [0.1, 0.15) is 116 Å². The molecule has 3 N–H and O–H groups in total. The van der Waals surface area contributed by atoms with Crippen molar-refractivity contribution < 1.29 is 24.6 Å². The summed E-state index contributed by atoms with van der Waals surface area (Å²) >= 11 is 0. The van der Waals surface area contributed by atoms with Crippen molar-refractivity contribution in [1.29, 1.82) is 0 Å². The summed E-state index contributed by atoms with van der Waals surface area (Å²) in [4.78, 5) is 33.5. The van der Waals surface area contributed by atoms with Crippen LogP contribution in [-0.4, -0.2) is 34.1 Å². The number of unbranched alkanes of at least 4 members (excludes halogenated alkanes) is 12. The van der Waals surface area contributed by atoms with Crippen molar-refractivity contribution in [2.24, 2.45) is 0 Å².